The maximum Gasteiger partial charge on any atom is 0.416 e. The summed E-state index contributed by atoms with van der Waals surface area (Å²) in [5.41, 5.74) is -0.586. The molecule has 0 radical (unpaired) electrons. The number of aromatic nitrogens is 1. The normalized spacial score (nSPS) is 15.5. The lowest BCUT2D eigenvalue weighted by Gasteiger charge is -2.31. The Kier molecular flexibility index (Phi) is 7.01. The molecule has 0 fully saturated rings. The van der Waals surface area contributed by atoms with Gasteiger partial charge in [-0.1, -0.05) is 19.1 Å². The van der Waals surface area contributed by atoms with Crippen molar-refractivity contribution in [1.29, 1.82) is 0 Å². The molecule has 12 heteroatoms. The van der Waals surface area contributed by atoms with E-state index in [1.807, 2.05) is 0 Å². The van der Waals surface area contributed by atoms with E-state index in [1.54, 1.807) is 18.2 Å². The van der Waals surface area contributed by atoms with Crippen molar-refractivity contribution in [3.8, 4) is 0 Å². The number of hydroxylamine groups is 2. The summed E-state index contributed by atoms with van der Waals surface area (Å²) in [7, 11) is 0. The van der Waals surface area contributed by atoms with E-state index in [9.17, 15) is 36.3 Å². The van der Waals surface area contributed by atoms with Crippen LogP contribution in [0.4, 0.5) is 26.3 Å². The van der Waals surface area contributed by atoms with Gasteiger partial charge in [0, 0.05) is 30.6 Å². The number of pyridine rings is 1. The average molecular weight is 484 g/mol. The number of hydrogen-bond donors (Lipinski definition) is 2. The van der Waals surface area contributed by atoms with Gasteiger partial charge < -0.3 is 0 Å². The zero-order chi connectivity index (χ0) is 25.1. The molecule has 3 rings (SSSR count). The predicted molar refractivity (Wildman–Crippen MR) is 109 cm³/mol. The van der Waals surface area contributed by atoms with Gasteiger partial charge in [-0.25, -0.2) is 5.06 Å². The van der Waals surface area contributed by atoms with Gasteiger partial charge in [0.25, 0.3) is 5.91 Å². The number of carbonyl (C=O) groups is 1. The number of rotatable bonds is 5. The summed E-state index contributed by atoms with van der Waals surface area (Å²) in [4.78, 5) is 16.2. The minimum Gasteiger partial charge on any atom is -0.284 e. The number of benzene rings is 1. The minimum atomic E-state index is -5.07. The third-order valence-corrected chi connectivity index (χ3v) is 4.83. The fourth-order valence-electron chi connectivity index (χ4n) is 3.16. The molecule has 0 spiro atoms. The minimum absolute atomic E-state index is 0.0364. The summed E-state index contributed by atoms with van der Waals surface area (Å²) >= 11 is 0. The Morgan fingerprint density at radius 1 is 1.09 bits per heavy atom. The Bertz CT molecular complexity index is 1130. The molecule has 180 valence electrons. The standard InChI is InChI=1S/C22H18F6N4O2/c1-14(17-7-5-15(21(23,24)25)12-18(17)22(26,27)28)19-13-31(10-11-32(19)34)30-20(33)8-6-16-4-2-3-9-29-16/h2-14,34H,1H3,(H,30,33)/b8-6+. The number of hydrogen-bond acceptors (Lipinski definition) is 5. The first-order valence-corrected chi connectivity index (χ1v) is 9.71. The number of alkyl halides is 6. The van der Waals surface area contributed by atoms with E-state index < -0.39 is 40.9 Å². The highest BCUT2D eigenvalue weighted by Crippen LogP contribution is 2.41. The maximum atomic E-state index is 13.6. The first-order valence-electron chi connectivity index (χ1n) is 9.71. The van der Waals surface area contributed by atoms with Gasteiger partial charge >= 0.3 is 12.4 Å². The fraction of sp³-hybridized carbons (Fsp3) is 0.182. The summed E-state index contributed by atoms with van der Waals surface area (Å²) < 4.78 is 79.5. The van der Waals surface area contributed by atoms with Crippen molar-refractivity contribution in [2.24, 2.45) is 0 Å². The maximum absolute atomic E-state index is 13.6. The monoisotopic (exact) mass is 484 g/mol. The van der Waals surface area contributed by atoms with E-state index in [0.717, 1.165) is 23.5 Å². The van der Waals surface area contributed by atoms with Crippen LogP contribution in [0.1, 0.15) is 35.2 Å². The number of nitrogens with one attached hydrogen (secondary N) is 1. The molecule has 1 aromatic carbocycles. The van der Waals surface area contributed by atoms with Crippen LogP contribution in [0, 0.1) is 0 Å². The van der Waals surface area contributed by atoms with Crippen LogP contribution in [0.5, 0.6) is 0 Å². The Labute approximate surface area is 190 Å². The molecule has 0 bridgehead atoms. The zero-order valence-corrected chi connectivity index (χ0v) is 17.5. The Hall–Kier alpha value is -3.80. The predicted octanol–water partition coefficient (Wildman–Crippen LogP) is 5.29. The van der Waals surface area contributed by atoms with E-state index in [4.69, 9.17) is 0 Å². The van der Waals surface area contributed by atoms with E-state index in [-0.39, 0.29) is 11.8 Å². The molecule has 34 heavy (non-hydrogen) atoms. The van der Waals surface area contributed by atoms with E-state index in [1.165, 1.54) is 31.5 Å². The van der Waals surface area contributed by atoms with Crippen molar-refractivity contribution in [1.82, 2.24) is 20.5 Å². The molecule has 1 aliphatic rings. The molecule has 2 aromatic rings. The summed E-state index contributed by atoms with van der Waals surface area (Å²) in [6, 6.07) is 6.39. The SMILES string of the molecule is CC(C1=CN(NC(=O)/C=C/c2ccccn2)C=CN1O)c1ccc(C(F)(F)F)cc1C(F)(F)F. The van der Waals surface area contributed by atoms with Crippen LogP contribution < -0.4 is 5.43 Å². The number of carbonyl (C=O) groups excluding carboxylic acids is 1. The molecular formula is C22H18F6N4O2. The van der Waals surface area contributed by atoms with Crippen LogP contribution >= 0.6 is 0 Å². The van der Waals surface area contributed by atoms with Crippen LogP contribution in [0.15, 0.2) is 73.0 Å². The van der Waals surface area contributed by atoms with Crippen LogP contribution in [0.2, 0.25) is 0 Å². The lowest BCUT2D eigenvalue weighted by molar-refractivity contribution is -0.143. The number of halogens is 6. The second-order valence-corrected chi connectivity index (χ2v) is 7.19. The van der Waals surface area contributed by atoms with Gasteiger partial charge in [0.1, 0.15) is 0 Å². The molecule has 1 atom stereocenters. The molecule has 1 amide bonds. The summed E-state index contributed by atoms with van der Waals surface area (Å²) in [6.07, 6.45) is -2.45. The smallest absolute Gasteiger partial charge is 0.284 e. The highest BCUT2D eigenvalue weighted by molar-refractivity contribution is 5.91. The Balaban J connectivity index is 1.85. The van der Waals surface area contributed by atoms with E-state index in [0.29, 0.717) is 16.8 Å². The van der Waals surface area contributed by atoms with Gasteiger partial charge in [0.05, 0.1) is 28.7 Å². The number of hydrazine groups is 1. The molecule has 2 N–H and O–H groups in total. The highest BCUT2D eigenvalue weighted by Gasteiger charge is 2.39. The fourth-order valence-corrected chi connectivity index (χ4v) is 3.16. The van der Waals surface area contributed by atoms with Gasteiger partial charge in [0.2, 0.25) is 0 Å². The lowest BCUT2D eigenvalue weighted by Crippen LogP contribution is -2.37. The molecule has 6 nitrogen and oxygen atoms in total. The summed E-state index contributed by atoms with van der Waals surface area (Å²) in [5.74, 6) is -1.80. The van der Waals surface area contributed by atoms with Crippen molar-refractivity contribution in [3.63, 3.8) is 0 Å². The third-order valence-electron chi connectivity index (χ3n) is 4.83. The van der Waals surface area contributed by atoms with Gasteiger partial charge in [-0.3, -0.25) is 25.4 Å². The molecule has 1 unspecified atom stereocenters. The molecule has 1 aliphatic heterocycles. The summed E-state index contributed by atoms with van der Waals surface area (Å²) in [6.45, 7) is 1.28. The molecule has 2 heterocycles. The van der Waals surface area contributed by atoms with Crippen molar-refractivity contribution in [3.05, 3.63) is 95.4 Å². The Morgan fingerprint density at radius 2 is 1.82 bits per heavy atom. The molecule has 1 aromatic heterocycles. The third kappa shape index (κ3) is 5.95. The largest absolute Gasteiger partial charge is 0.416 e. The van der Waals surface area contributed by atoms with Gasteiger partial charge in [-0.15, -0.1) is 0 Å². The first-order chi connectivity index (χ1) is 15.9. The number of allylic oxidation sites excluding steroid dienone is 1. The van der Waals surface area contributed by atoms with Crippen LogP contribution in [0.25, 0.3) is 6.08 Å². The highest BCUT2D eigenvalue weighted by atomic mass is 19.4. The first kappa shape index (κ1) is 24.8. The van der Waals surface area contributed by atoms with Crippen molar-refractivity contribution in [2.75, 3.05) is 0 Å². The zero-order valence-electron chi connectivity index (χ0n) is 17.5. The van der Waals surface area contributed by atoms with Crippen LogP contribution in [-0.2, 0) is 17.1 Å². The van der Waals surface area contributed by atoms with Gasteiger partial charge in [-0.2, -0.15) is 26.3 Å². The second kappa shape index (κ2) is 9.59. The summed E-state index contributed by atoms with van der Waals surface area (Å²) in [5, 5.41) is 11.8. The lowest BCUT2D eigenvalue weighted by atomic mass is 9.91. The average Bonchev–Trinajstić information content (AvgIpc) is 2.77. The quantitative estimate of drug-likeness (QED) is 0.446. The molecule has 0 saturated carbocycles. The molecule has 0 aliphatic carbocycles. The van der Waals surface area contributed by atoms with Crippen molar-refractivity contribution >= 4 is 12.0 Å². The van der Waals surface area contributed by atoms with Crippen molar-refractivity contribution < 1.29 is 36.3 Å². The Morgan fingerprint density at radius 3 is 2.44 bits per heavy atom. The van der Waals surface area contributed by atoms with Gasteiger partial charge in [-0.05, 0) is 35.9 Å². The van der Waals surface area contributed by atoms with Crippen LogP contribution in [0.3, 0.4) is 0 Å². The second-order valence-electron chi connectivity index (χ2n) is 7.19. The van der Waals surface area contributed by atoms with E-state index >= 15 is 0 Å². The number of nitrogens with zero attached hydrogens (tertiary/aromatic N) is 3. The molecular weight excluding hydrogens is 466 g/mol. The van der Waals surface area contributed by atoms with E-state index in [2.05, 4.69) is 10.4 Å². The van der Waals surface area contributed by atoms with Crippen LogP contribution in [-0.4, -0.2) is 26.2 Å². The topological polar surface area (TPSA) is 68.7 Å². The number of amides is 1. The van der Waals surface area contributed by atoms with Gasteiger partial charge in [0.15, 0.2) is 0 Å². The van der Waals surface area contributed by atoms with Crippen molar-refractivity contribution in [2.45, 2.75) is 25.2 Å². The molecule has 0 saturated heterocycles.